The fourth-order valence-electron chi connectivity index (χ4n) is 5.88. The molecule has 2 aliphatic carbocycles. The number of epoxide rings is 1. The van der Waals surface area contributed by atoms with Crippen LogP contribution in [-0.2, 0) is 19.1 Å². The van der Waals surface area contributed by atoms with Gasteiger partial charge in [0.1, 0.15) is 11.9 Å². The molecule has 48 heavy (non-hydrogen) atoms. The highest BCUT2D eigenvalue weighted by Crippen LogP contribution is 2.45. The molecule has 262 valence electrons. The van der Waals surface area contributed by atoms with E-state index < -0.39 is 0 Å². The summed E-state index contributed by atoms with van der Waals surface area (Å²) in [6.07, 6.45) is 35.3. The number of hydrogen-bond donors (Lipinski definition) is 0. The summed E-state index contributed by atoms with van der Waals surface area (Å²) in [6, 6.07) is 0. The van der Waals surface area contributed by atoms with Gasteiger partial charge in [0.25, 0.3) is 0 Å². The first-order valence-corrected chi connectivity index (χ1v) is 17.8. The predicted molar refractivity (Wildman–Crippen MR) is 202 cm³/mol. The number of aldehydes is 1. The van der Waals surface area contributed by atoms with E-state index in [2.05, 4.69) is 90.7 Å². The molecule has 0 saturated carbocycles. The number of amides is 1. The third kappa shape index (κ3) is 12.7. The second kappa shape index (κ2) is 20.6. The zero-order valence-electron chi connectivity index (χ0n) is 31.0. The molecule has 1 fully saturated rings. The van der Waals surface area contributed by atoms with Gasteiger partial charge in [-0.2, -0.15) is 0 Å². The fraction of sp³-hybridized carbons (Fsp3) is 0.488. The van der Waals surface area contributed by atoms with Crippen LogP contribution in [-0.4, -0.2) is 49.5 Å². The molecular formula is C43H61NO4. The summed E-state index contributed by atoms with van der Waals surface area (Å²) in [6.45, 7) is 21.3. The van der Waals surface area contributed by atoms with E-state index in [9.17, 15) is 9.59 Å². The van der Waals surface area contributed by atoms with Gasteiger partial charge in [0.2, 0.25) is 5.91 Å². The van der Waals surface area contributed by atoms with E-state index in [1.807, 2.05) is 37.4 Å². The Bertz CT molecular complexity index is 1370. The average Bonchev–Trinajstić information content (AvgIpc) is 3.93. The Morgan fingerprint density at radius 1 is 1.06 bits per heavy atom. The van der Waals surface area contributed by atoms with Crippen LogP contribution in [0, 0.1) is 11.3 Å². The fourth-order valence-corrected chi connectivity index (χ4v) is 5.88. The van der Waals surface area contributed by atoms with E-state index in [-0.39, 0.29) is 16.9 Å². The molecule has 1 saturated heterocycles. The summed E-state index contributed by atoms with van der Waals surface area (Å²) in [4.78, 5) is 23.3. The molecule has 1 heterocycles. The van der Waals surface area contributed by atoms with Gasteiger partial charge in [-0.05, 0) is 93.1 Å². The number of hydrogen-bond acceptors (Lipinski definition) is 4. The van der Waals surface area contributed by atoms with Crippen LogP contribution in [0.15, 0.2) is 119 Å². The zero-order chi connectivity index (χ0) is 35.6. The van der Waals surface area contributed by atoms with E-state index in [0.717, 1.165) is 81.3 Å². The average molecular weight is 656 g/mol. The van der Waals surface area contributed by atoms with Crippen molar-refractivity contribution in [2.75, 3.05) is 26.8 Å². The quantitative estimate of drug-likeness (QED) is 0.0514. The summed E-state index contributed by atoms with van der Waals surface area (Å²) in [5.41, 5.74) is 5.52. The van der Waals surface area contributed by atoms with Crippen LogP contribution in [0.4, 0.5) is 0 Å². The minimum atomic E-state index is -0.117. The van der Waals surface area contributed by atoms with Gasteiger partial charge in [0, 0.05) is 31.5 Å². The molecule has 5 heteroatoms. The van der Waals surface area contributed by atoms with Gasteiger partial charge in [-0.3, -0.25) is 9.59 Å². The summed E-state index contributed by atoms with van der Waals surface area (Å²) in [5, 5.41) is 0. The van der Waals surface area contributed by atoms with Crippen molar-refractivity contribution in [1.82, 2.24) is 4.90 Å². The van der Waals surface area contributed by atoms with Crippen molar-refractivity contribution < 1.29 is 19.1 Å². The van der Waals surface area contributed by atoms with E-state index in [4.69, 9.17) is 9.47 Å². The second-order valence-electron chi connectivity index (χ2n) is 13.1. The molecule has 1 amide bonds. The van der Waals surface area contributed by atoms with Crippen LogP contribution in [0.5, 0.6) is 0 Å². The van der Waals surface area contributed by atoms with Gasteiger partial charge in [-0.15, -0.1) is 0 Å². The van der Waals surface area contributed by atoms with Crippen molar-refractivity contribution >= 4 is 12.2 Å². The molecule has 5 nitrogen and oxygen atoms in total. The molecule has 0 aromatic carbocycles. The number of rotatable bonds is 17. The van der Waals surface area contributed by atoms with Crippen molar-refractivity contribution in [3.8, 4) is 0 Å². The molecule has 0 radical (unpaired) electrons. The number of nitrogens with zero attached hydrogens (tertiary/aromatic N) is 1. The number of unbranched alkanes of at least 4 members (excludes halogenated alkanes) is 2. The van der Waals surface area contributed by atoms with Gasteiger partial charge in [-0.1, -0.05) is 107 Å². The normalized spacial score (nSPS) is 21.1. The number of carbonyl (C=O) groups excluding carboxylic acids is 2. The lowest BCUT2D eigenvalue weighted by molar-refractivity contribution is -0.127. The monoisotopic (exact) mass is 655 g/mol. The first kappa shape index (κ1) is 40.5. The molecule has 0 spiro atoms. The minimum Gasteiger partial charge on any atom is -0.498 e. The van der Waals surface area contributed by atoms with Crippen LogP contribution in [0.2, 0.25) is 0 Å². The topological polar surface area (TPSA) is 59.1 Å². The maximum Gasteiger partial charge on any atom is 0.219 e. The molecule has 0 aromatic rings. The standard InChI is InChI=1S/C35H53NO3.C8H8O/c1-10-32(25-28(6)29(7)38-22-16-14-15-21-36(9)30(8)37)35(12-3,13-4)33-18-17-31(23-27(5)24-33)19-20-34(11-2)26-39-34;9-7-8-5-3-1-2-4-6-8/h10,17-20,23-25,27H,1,11-16,21-22,26H2,2-9H3;1,3-7H,2H2/b20-19+,29-28+,32-25+;. The highest BCUT2D eigenvalue weighted by molar-refractivity contribution is 5.78. The molecule has 0 N–H and O–H groups in total. The SMILES string of the molecule is C=C/C(=C\C(C)=C(/C)OCCCCCN(C)C(C)=O)C(CC)(CC)C1=CC(C)C=C(/C=C/C2(CC)CO2)C=C1.O=CC1=CC=CCC=C1. The minimum absolute atomic E-state index is 0.0498. The highest BCUT2D eigenvalue weighted by Gasteiger charge is 2.40. The lowest BCUT2D eigenvalue weighted by atomic mass is 9.68. The molecule has 3 rings (SSSR count). The van der Waals surface area contributed by atoms with Gasteiger partial charge in [-0.25, -0.2) is 0 Å². The summed E-state index contributed by atoms with van der Waals surface area (Å²) < 4.78 is 11.8. The zero-order valence-corrected chi connectivity index (χ0v) is 31.0. The van der Waals surface area contributed by atoms with Gasteiger partial charge >= 0.3 is 0 Å². The Morgan fingerprint density at radius 3 is 2.40 bits per heavy atom. The maximum atomic E-state index is 11.3. The summed E-state index contributed by atoms with van der Waals surface area (Å²) in [7, 11) is 1.85. The molecular weight excluding hydrogens is 594 g/mol. The van der Waals surface area contributed by atoms with E-state index in [1.54, 1.807) is 17.9 Å². The Hall–Kier alpha value is -3.70. The smallest absolute Gasteiger partial charge is 0.219 e. The van der Waals surface area contributed by atoms with Gasteiger partial charge < -0.3 is 14.4 Å². The van der Waals surface area contributed by atoms with Gasteiger partial charge in [0.05, 0.1) is 19.0 Å². The first-order chi connectivity index (χ1) is 23.0. The van der Waals surface area contributed by atoms with Gasteiger partial charge in [0.15, 0.2) is 0 Å². The molecule has 1 aliphatic heterocycles. The number of carbonyl (C=O) groups is 2. The van der Waals surface area contributed by atoms with Crippen molar-refractivity contribution in [1.29, 1.82) is 0 Å². The summed E-state index contributed by atoms with van der Waals surface area (Å²) >= 11 is 0. The third-order valence-corrected chi connectivity index (χ3v) is 9.64. The molecule has 2 atom stereocenters. The van der Waals surface area contributed by atoms with Crippen molar-refractivity contribution in [3.63, 3.8) is 0 Å². The molecule has 3 aliphatic rings. The van der Waals surface area contributed by atoms with Crippen LogP contribution < -0.4 is 0 Å². The number of ether oxygens (including phenoxy) is 2. The Kier molecular flexibility index (Phi) is 17.4. The molecule has 2 unspecified atom stereocenters. The molecule has 0 bridgehead atoms. The number of allylic oxidation sites excluding steroid dienone is 18. The molecule has 0 aromatic heterocycles. The van der Waals surface area contributed by atoms with Crippen molar-refractivity contribution in [2.24, 2.45) is 11.3 Å². The second-order valence-corrected chi connectivity index (χ2v) is 13.1. The predicted octanol–water partition coefficient (Wildman–Crippen LogP) is 10.3. The van der Waals surface area contributed by atoms with Crippen LogP contribution in [0.3, 0.4) is 0 Å². The lowest BCUT2D eigenvalue weighted by Crippen LogP contribution is -2.24. The van der Waals surface area contributed by atoms with Crippen LogP contribution >= 0.6 is 0 Å². The highest BCUT2D eigenvalue weighted by atomic mass is 16.6. The Morgan fingerprint density at radius 2 is 1.79 bits per heavy atom. The van der Waals surface area contributed by atoms with Crippen molar-refractivity contribution in [3.05, 3.63) is 119 Å². The van der Waals surface area contributed by atoms with Crippen molar-refractivity contribution in [2.45, 2.75) is 99.0 Å². The third-order valence-electron chi connectivity index (χ3n) is 9.64. The van der Waals surface area contributed by atoms with Crippen LogP contribution in [0.1, 0.15) is 93.4 Å². The maximum absolute atomic E-state index is 11.3. The largest absolute Gasteiger partial charge is 0.498 e. The Balaban J connectivity index is 0.000000764. The summed E-state index contributed by atoms with van der Waals surface area (Å²) in [5.74, 6) is 1.40. The van der Waals surface area contributed by atoms with Crippen LogP contribution in [0.25, 0.3) is 0 Å². The first-order valence-electron chi connectivity index (χ1n) is 17.8. The lowest BCUT2D eigenvalue weighted by Gasteiger charge is -2.35. The Labute approximate surface area is 291 Å². The van der Waals surface area contributed by atoms with E-state index in [1.165, 1.54) is 16.7 Å². The van der Waals surface area contributed by atoms with E-state index >= 15 is 0 Å². The van der Waals surface area contributed by atoms with E-state index in [0.29, 0.717) is 12.5 Å².